The largest absolute Gasteiger partial charge is 0.369 e. The van der Waals surface area contributed by atoms with Crippen LogP contribution in [0.25, 0.3) is 0 Å². The Bertz CT molecular complexity index is 935. The summed E-state index contributed by atoms with van der Waals surface area (Å²) in [5.74, 6) is 1.82. The van der Waals surface area contributed by atoms with E-state index in [1.807, 2.05) is 18.5 Å². The van der Waals surface area contributed by atoms with Gasteiger partial charge in [-0.2, -0.15) is 0 Å². The zero-order valence-electron chi connectivity index (χ0n) is 17.5. The second-order valence-corrected chi connectivity index (χ2v) is 7.56. The Morgan fingerprint density at radius 2 is 1.87 bits per heavy atom. The van der Waals surface area contributed by atoms with Gasteiger partial charge in [0.1, 0.15) is 12.4 Å². The van der Waals surface area contributed by atoms with Crippen LogP contribution < -0.4 is 15.5 Å². The van der Waals surface area contributed by atoms with E-state index in [2.05, 4.69) is 86.6 Å². The van der Waals surface area contributed by atoms with Crippen molar-refractivity contribution in [3.05, 3.63) is 84.4 Å². The maximum absolute atomic E-state index is 4.81. The monoisotopic (exact) mass is 402 g/mol. The normalized spacial score (nSPS) is 16.6. The molecule has 0 radical (unpaired) electrons. The predicted molar refractivity (Wildman–Crippen MR) is 123 cm³/mol. The van der Waals surface area contributed by atoms with Crippen molar-refractivity contribution < 1.29 is 0 Å². The molecule has 2 heterocycles. The molecule has 4 rings (SSSR count). The molecule has 2 aromatic carbocycles. The van der Waals surface area contributed by atoms with E-state index in [0.717, 1.165) is 44.4 Å². The third-order valence-electron chi connectivity index (χ3n) is 5.37. The van der Waals surface area contributed by atoms with Crippen molar-refractivity contribution in [2.24, 2.45) is 4.99 Å². The first-order valence-corrected chi connectivity index (χ1v) is 10.7. The molecule has 1 atom stereocenters. The van der Waals surface area contributed by atoms with Crippen LogP contribution in [-0.2, 0) is 13.1 Å². The molecule has 156 valence electrons. The quantitative estimate of drug-likeness (QED) is 0.470. The summed E-state index contributed by atoms with van der Waals surface area (Å²) >= 11 is 0. The van der Waals surface area contributed by atoms with Crippen LogP contribution in [-0.4, -0.2) is 41.2 Å². The Labute approximate surface area is 178 Å². The standard InChI is InChI=1S/C24H30N6/c1-2-25-24(28-21-13-15-29(19-21)22-11-7-4-8-12-22)27-17-23-26-14-16-30(23)18-20-9-5-3-6-10-20/h3-12,14,16,21H,2,13,15,17-19H2,1H3,(H2,25,27,28). The van der Waals surface area contributed by atoms with E-state index in [9.17, 15) is 0 Å². The predicted octanol–water partition coefficient (Wildman–Crippen LogP) is 3.27. The minimum Gasteiger partial charge on any atom is -0.369 e. The summed E-state index contributed by atoms with van der Waals surface area (Å²) in [5, 5.41) is 6.99. The molecule has 6 heteroatoms. The molecular weight excluding hydrogens is 372 g/mol. The van der Waals surface area contributed by atoms with Crippen molar-refractivity contribution >= 4 is 11.6 Å². The van der Waals surface area contributed by atoms with E-state index in [-0.39, 0.29) is 0 Å². The van der Waals surface area contributed by atoms with Crippen LogP contribution in [0.5, 0.6) is 0 Å². The SMILES string of the molecule is CCNC(=NCc1nccn1Cc1ccccc1)NC1CCN(c2ccccc2)C1. The van der Waals surface area contributed by atoms with E-state index in [1.54, 1.807) is 0 Å². The number of imidazole rings is 1. The molecule has 0 spiro atoms. The lowest BCUT2D eigenvalue weighted by Gasteiger charge is -2.20. The number of rotatable bonds is 7. The molecule has 3 aromatic rings. The van der Waals surface area contributed by atoms with Gasteiger partial charge in [0.25, 0.3) is 0 Å². The first kappa shape index (κ1) is 20.0. The highest BCUT2D eigenvalue weighted by atomic mass is 15.2. The fourth-order valence-electron chi connectivity index (χ4n) is 3.83. The van der Waals surface area contributed by atoms with Crippen LogP contribution in [0.4, 0.5) is 5.69 Å². The summed E-state index contributed by atoms with van der Waals surface area (Å²) in [7, 11) is 0. The van der Waals surface area contributed by atoms with Gasteiger partial charge in [-0.1, -0.05) is 48.5 Å². The van der Waals surface area contributed by atoms with Gasteiger partial charge in [0.05, 0.1) is 0 Å². The molecule has 1 aliphatic heterocycles. The van der Waals surface area contributed by atoms with Gasteiger partial charge in [-0.05, 0) is 31.0 Å². The molecule has 1 aliphatic rings. The van der Waals surface area contributed by atoms with Crippen LogP contribution >= 0.6 is 0 Å². The topological polar surface area (TPSA) is 57.5 Å². The van der Waals surface area contributed by atoms with E-state index < -0.39 is 0 Å². The summed E-state index contributed by atoms with van der Waals surface area (Å²) in [6.45, 7) is 6.33. The van der Waals surface area contributed by atoms with Crippen molar-refractivity contribution in [1.82, 2.24) is 20.2 Å². The highest BCUT2D eigenvalue weighted by molar-refractivity contribution is 5.80. The summed E-state index contributed by atoms with van der Waals surface area (Å²) in [6.07, 6.45) is 4.97. The number of anilines is 1. The molecule has 0 bridgehead atoms. The van der Waals surface area contributed by atoms with Gasteiger partial charge in [0.2, 0.25) is 0 Å². The molecule has 0 aliphatic carbocycles. The summed E-state index contributed by atoms with van der Waals surface area (Å²) in [4.78, 5) is 11.8. The molecule has 1 saturated heterocycles. The van der Waals surface area contributed by atoms with Crippen LogP contribution in [0.15, 0.2) is 78.0 Å². The number of hydrogen-bond donors (Lipinski definition) is 2. The van der Waals surface area contributed by atoms with Crippen LogP contribution in [0.2, 0.25) is 0 Å². The van der Waals surface area contributed by atoms with Crippen LogP contribution in [0.1, 0.15) is 24.7 Å². The maximum atomic E-state index is 4.81. The average Bonchev–Trinajstić information content (AvgIpc) is 3.43. The van der Waals surface area contributed by atoms with Crippen molar-refractivity contribution in [2.45, 2.75) is 32.5 Å². The van der Waals surface area contributed by atoms with Crippen LogP contribution in [0.3, 0.4) is 0 Å². The highest BCUT2D eigenvalue weighted by Crippen LogP contribution is 2.19. The van der Waals surface area contributed by atoms with Crippen molar-refractivity contribution in [3.63, 3.8) is 0 Å². The van der Waals surface area contributed by atoms with Gasteiger partial charge in [-0.25, -0.2) is 9.98 Å². The number of aromatic nitrogens is 2. The van der Waals surface area contributed by atoms with Gasteiger partial charge < -0.3 is 20.1 Å². The first-order valence-electron chi connectivity index (χ1n) is 10.7. The Kier molecular flexibility index (Phi) is 6.65. The zero-order valence-corrected chi connectivity index (χ0v) is 17.5. The van der Waals surface area contributed by atoms with E-state index in [0.29, 0.717) is 12.6 Å². The third-order valence-corrected chi connectivity index (χ3v) is 5.37. The van der Waals surface area contributed by atoms with E-state index >= 15 is 0 Å². The van der Waals surface area contributed by atoms with E-state index in [4.69, 9.17) is 4.99 Å². The number of guanidine groups is 1. The van der Waals surface area contributed by atoms with Gasteiger partial charge in [-0.15, -0.1) is 0 Å². The van der Waals surface area contributed by atoms with Crippen molar-refractivity contribution in [3.8, 4) is 0 Å². The first-order chi connectivity index (χ1) is 14.8. The lowest BCUT2D eigenvalue weighted by molar-refractivity contribution is 0.645. The lowest BCUT2D eigenvalue weighted by atomic mass is 10.2. The molecule has 1 unspecified atom stereocenters. The summed E-state index contributed by atoms with van der Waals surface area (Å²) in [6, 6.07) is 21.4. The molecule has 1 aromatic heterocycles. The third kappa shape index (κ3) is 5.20. The second kappa shape index (κ2) is 9.96. The van der Waals surface area contributed by atoms with Crippen molar-refractivity contribution in [1.29, 1.82) is 0 Å². The summed E-state index contributed by atoms with van der Waals surface area (Å²) in [5.41, 5.74) is 2.55. The van der Waals surface area contributed by atoms with Crippen molar-refractivity contribution in [2.75, 3.05) is 24.5 Å². The van der Waals surface area contributed by atoms with Gasteiger partial charge in [-0.3, -0.25) is 0 Å². The highest BCUT2D eigenvalue weighted by Gasteiger charge is 2.23. The van der Waals surface area contributed by atoms with Crippen LogP contribution in [0, 0.1) is 0 Å². The molecule has 6 nitrogen and oxygen atoms in total. The lowest BCUT2D eigenvalue weighted by Crippen LogP contribution is -2.44. The Morgan fingerprint density at radius 1 is 1.10 bits per heavy atom. The number of nitrogens with one attached hydrogen (secondary N) is 2. The smallest absolute Gasteiger partial charge is 0.191 e. The minimum atomic E-state index is 0.382. The molecule has 0 saturated carbocycles. The molecular formula is C24H30N6. The van der Waals surface area contributed by atoms with Gasteiger partial charge in [0.15, 0.2) is 5.96 Å². The number of nitrogens with zero attached hydrogens (tertiary/aromatic N) is 4. The number of aliphatic imine (C=N–C) groups is 1. The number of hydrogen-bond acceptors (Lipinski definition) is 3. The van der Waals surface area contributed by atoms with E-state index in [1.165, 1.54) is 11.3 Å². The Hall–Kier alpha value is -3.28. The number of benzene rings is 2. The summed E-state index contributed by atoms with van der Waals surface area (Å²) < 4.78 is 2.16. The minimum absolute atomic E-state index is 0.382. The molecule has 2 N–H and O–H groups in total. The fraction of sp³-hybridized carbons (Fsp3) is 0.333. The Morgan fingerprint density at radius 3 is 2.63 bits per heavy atom. The van der Waals surface area contributed by atoms with Gasteiger partial charge >= 0.3 is 0 Å². The average molecular weight is 403 g/mol. The fourth-order valence-corrected chi connectivity index (χ4v) is 3.83. The molecule has 0 amide bonds. The second-order valence-electron chi connectivity index (χ2n) is 7.56. The zero-order chi connectivity index (χ0) is 20.6. The Balaban J connectivity index is 1.37. The molecule has 30 heavy (non-hydrogen) atoms. The number of para-hydroxylation sites is 1. The van der Waals surface area contributed by atoms with Gasteiger partial charge in [0, 0.05) is 50.3 Å². The molecule has 1 fully saturated rings. The maximum Gasteiger partial charge on any atom is 0.191 e.